The second-order valence-electron chi connectivity index (χ2n) is 4.09. The molecule has 0 aliphatic heterocycles. The summed E-state index contributed by atoms with van der Waals surface area (Å²) in [5, 5.41) is 0. The van der Waals surface area contributed by atoms with Gasteiger partial charge in [-0.2, -0.15) is 0 Å². The Balaban J connectivity index is 4.48. The Bertz CT molecular complexity index is 209. The third-order valence-corrected chi connectivity index (χ3v) is 2.24. The van der Waals surface area contributed by atoms with Crippen LogP contribution in [0, 0.1) is 0 Å². The lowest BCUT2D eigenvalue weighted by Crippen LogP contribution is -2.58. The summed E-state index contributed by atoms with van der Waals surface area (Å²) in [6, 6.07) is 0. The van der Waals surface area contributed by atoms with Gasteiger partial charge in [0.1, 0.15) is 0 Å². The van der Waals surface area contributed by atoms with Crippen LogP contribution in [0.3, 0.4) is 0 Å². The molecule has 0 aromatic rings. The number of ketones is 1. The molecule has 0 spiro atoms. The number of carbonyl (C=O) groups excluding carboxylic acids is 1. The monoisotopic (exact) mass is 185 g/mol. The summed E-state index contributed by atoms with van der Waals surface area (Å²) in [7, 11) is 3.93. The average molecular weight is 185 g/mol. The van der Waals surface area contributed by atoms with Crippen LogP contribution >= 0.6 is 0 Å². The molecular weight excluding hydrogens is 164 g/mol. The van der Waals surface area contributed by atoms with Crippen LogP contribution in [-0.2, 0) is 4.79 Å². The second kappa shape index (κ2) is 4.53. The first-order chi connectivity index (χ1) is 5.83. The highest BCUT2D eigenvalue weighted by Gasteiger charge is 2.30. The van der Waals surface area contributed by atoms with Gasteiger partial charge in [0.05, 0.1) is 20.6 Å². The largest absolute Gasteiger partial charge is 0.307 e. The number of carbonyl (C=O) groups is 1. The molecule has 0 aliphatic carbocycles. The summed E-state index contributed by atoms with van der Waals surface area (Å²) >= 11 is 0. The summed E-state index contributed by atoms with van der Waals surface area (Å²) in [5.41, 5.74) is 6.38. The molecule has 3 heteroatoms. The Kier molecular flexibility index (Phi) is 4.30. The Labute approximate surface area is 80.8 Å². The maximum atomic E-state index is 11.5. The Morgan fingerprint density at radius 3 is 2.31 bits per heavy atom. The maximum absolute atomic E-state index is 11.5. The lowest BCUT2D eigenvalue weighted by Gasteiger charge is -2.34. The zero-order chi connectivity index (χ0) is 10.6. The molecule has 0 radical (unpaired) electrons. The van der Waals surface area contributed by atoms with Gasteiger partial charge in [-0.3, -0.25) is 10.5 Å². The van der Waals surface area contributed by atoms with Crippen LogP contribution in [-0.4, -0.2) is 37.1 Å². The van der Waals surface area contributed by atoms with Crippen molar-refractivity contribution in [3.63, 3.8) is 0 Å². The summed E-state index contributed by atoms with van der Waals surface area (Å²) < 4.78 is 0.530. The van der Waals surface area contributed by atoms with E-state index in [1.165, 1.54) is 0 Å². The Morgan fingerprint density at radius 2 is 2.00 bits per heavy atom. The van der Waals surface area contributed by atoms with Gasteiger partial charge >= 0.3 is 0 Å². The van der Waals surface area contributed by atoms with Crippen LogP contribution in [0.2, 0.25) is 0 Å². The highest BCUT2D eigenvalue weighted by atomic mass is 16.1. The Hall–Kier alpha value is -0.670. The Morgan fingerprint density at radius 1 is 1.54 bits per heavy atom. The lowest BCUT2D eigenvalue weighted by atomic mass is 10.1. The van der Waals surface area contributed by atoms with Crippen molar-refractivity contribution >= 4 is 5.78 Å². The number of nitrogens with two attached hydrogens (primary N) is 1. The molecule has 0 aromatic carbocycles. The molecular formula is C10H21N2O+. The number of hydrogen-bond acceptors (Lipinski definition) is 2. The topological polar surface area (TPSA) is 43.1 Å². The highest BCUT2D eigenvalue weighted by Crippen LogP contribution is 2.07. The fraction of sp³-hybridized carbons (Fsp3) is 0.700. The van der Waals surface area contributed by atoms with E-state index in [0.717, 1.165) is 13.0 Å². The number of nitrogens with zero attached hydrogens (tertiary/aromatic N) is 1. The van der Waals surface area contributed by atoms with Crippen LogP contribution in [0.5, 0.6) is 0 Å². The minimum absolute atomic E-state index is 0.0431. The van der Waals surface area contributed by atoms with E-state index >= 15 is 0 Å². The minimum Gasteiger partial charge on any atom is -0.307 e. The summed E-state index contributed by atoms with van der Waals surface area (Å²) in [6.07, 6.45) is 0.543. The van der Waals surface area contributed by atoms with Crippen LogP contribution < -0.4 is 5.73 Å². The third-order valence-electron chi connectivity index (χ3n) is 2.24. The molecule has 2 N–H and O–H groups in total. The van der Waals surface area contributed by atoms with E-state index in [2.05, 4.69) is 13.5 Å². The summed E-state index contributed by atoms with van der Waals surface area (Å²) in [5.74, 6) is -0.0431. The molecule has 0 aliphatic rings. The van der Waals surface area contributed by atoms with Crippen molar-refractivity contribution in [2.24, 2.45) is 5.73 Å². The smallest absolute Gasteiger partial charge is 0.230 e. The molecule has 3 nitrogen and oxygen atoms in total. The predicted molar refractivity (Wildman–Crippen MR) is 55.1 cm³/mol. The SMILES string of the molecule is C=C(C)C(=O)C(N)[N+](C)(C)CCC. The number of hydrogen-bond donors (Lipinski definition) is 1. The number of likely N-dealkylation sites (N-methyl/N-ethyl adjacent to an activating group) is 1. The maximum Gasteiger partial charge on any atom is 0.230 e. The van der Waals surface area contributed by atoms with Crippen molar-refractivity contribution < 1.29 is 9.28 Å². The van der Waals surface area contributed by atoms with Gasteiger partial charge in [-0.05, 0) is 18.9 Å². The molecule has 76 valence electrons. The zero-order valence-electron chi connectivity index (χ0n) is 9.13. The van der Waals surface area contributed by atoms with Crippen LogP contribution in [0.15, 0.2) is 12.2 Å². The van der Waals surface area contributed by atoms with Crippen molar-refractivity contribution in [1.29, 1.82) is 0 Å². The summed E-state index contributed by atoms with van der Waals surface area (Å²) in [6.45, 7) is 8.30. The van der Waals surface area contributed by atoms with Crippen molar-refractivity contribution in [3.8, 4) is 0 Å². The van der Waals surface area contributed by atoms with Gasteiger partial charge in [-0.25, -0.2) is 0 Å². The molecule has 13 heavy (non-hydrogen) atoms. The molecule has 1 atom stereocenters. The van der Waals surface area contributed by atoms with Crippen LogP contribution in [0.4, 0.5) is 0 Å². The second-order valence-corrected chi connectivity index (χ2v) is 4.09. The van der Waals surface area contributed by atoms with Crippen molar-refractivity contribution in [1.82, 2.24) is 0 Å². The standard InChI is InChI=1S/C10H21N2O/c1-6-7-12(4,5)10(11)9(13)8(2)3/h10H,2,6-7,11H2,1,3-5H3/q+1. The minimum atomic E-state index is -0.475. The van der Waals surface area contributed by atoms with Crippen LogP contribution in [0.1, 0.15) is 20.3 Å². The molecule has 0 fully saturated rings. The normalized spacial score (nSPS) is 13.9. The van der Waals surface area contributed by atoms with Gasteiger partial charge in [-0.15, -0.1) is 0 Å². The first-order valence-electron chi connectivity index (χ1n) is 4.61. The van der Waals surface area contributed by atoms with E-state index in [9.17, 15) is 4.79 Å². The molecule has 1 unspecified atom stereocenters. The van der Waals surface area contributed by atoms with Gasteiger partial charge in [0.25, 0.3) is 0 Å². The molecule has 0 rings (SSSR count). The van der Waals surface area contributed by atoms with Gasteiger partial charge in [-0.1, -0.05) is 13.5 Å². The molecule has 0 saturated carbocycles. The predicted octanol–water partition coefficient (Wildman–Crippen LogP) is 0.903. The molecule has 0 bridgehead atoms. The van der Waals surface area contributed by atoms with Gasteiger partial charge in [0.15, 0.2) is 0 Å². The molecule has 0 saturated heterocycles. The zero-order valence-corrected chi connectivity index (χ0v) is 9.13. The van der Waals surface area contributed by atoms with E-state index in [0.29, 0.717) is 10.1 Å². The molecule has 0 heterocycles. The van der Waals surface area contributed by atoms with Gasteiger partial charge in [0, 0.05) is 0 Å². The molecule has 0 amide bonds. The van der Waals surface area contributed by atoms with Gasteiger partial charge < -0.3 is 4.48 Å². The van der Waals surface area contributed by atoms with E-state index in [1.807, 2.05) is 14.1 Å². The average Bonchev–Trinajstić information content (AvgIpc) is 2.01. The fourth-order valence-corrected chi connectivity index (χ4v) is 1.29. The third kappa shape index (κ3) is 3.28. The van der Waals surface area contributed by atoms with E-state index in [-0.39, 0.29) is 5.78 Å². The number of quaternary nitrogens is 1. The lowest BCUT2D eigenvalue weighted by molar-refractivity contribution is -0.905. The van der Waals surface area contributed by atoms with Gasteiger partial charge in [0.2, 0.25) is 11.9 Å². The molecule has 0 aromatic heterocycles. The van der Waals surface area contributed by atoms with E-state index in [4.69, 9.17) is 5.73 Å². The summed E-state index contributed by atoms with van der Waals surface area (Å²) in [4.78, 5) is 11.5. The number of rotatable bonds is 5. The van der Waals surface area contributed by atoms with Crippen molar-refractivity contribution in [3.05, 3.63) is 12.2 Å². The van der Waals surface area contributed by atoms with Crippen molar-refractivity contribution in [2.45, 2.75) is 26.4 Å². The first kappa shape index (κ1) is 12.3. The quantitative estimate of drug-likeness (QED) is 0.393. The highest BCUT2D eigenvalue weighted by molar-refractivity contribution is 5.97. The fourth-order valence-electron chi connectivity index (χ4n) is 1.29. The van der Waals surface area contributed by atoms with Crippen molar-refractivity contribution in [2.75, 3.05) is 20.6 Å². The first-order valence-corrected chi connectivity index (χ1v) is 4.61. The number of Topliss-reactive ketones (excluding diaryl/α,β-unsaturated/α-hetero) is 1. The van der Waals surface area contributed by atoms with Crippen LogP contribution in [0.25, 0.3) is 0 Å². The van der Waals surface area contributed by atoms with E-state index in [1.54, 1.807) is 6.92 Å². The van der Waals surface area contributed by atoms with E-state index < -0.39 is 6.17 Å².